The van der Waals surface area contributed by atoms with Gasteiger partial charge in [0.1, 0.15) is 11.5 Å². The highest BCUT2D eigenvalue weighted by molar-refractivity contribution is 5.91. The average Bonchev–Trinajstić information content (AvgIpc) is 3.14. The minimum atomic E-state index is -4.46. The van der Waals surface area contributed by atoms with Gasteiger partial charge in [0.2, 0.25) is 0 Å². The lowest BCUT2D eigenvalue weighted by Crippen LogP contribution is -2.04. The first-order valence-electron chi connectivity index (χ1n) is 8.01. The molecule has 0 spiro atoms. The average molecular weight is 383 g/mol. The molecule has 1 heterocycles. The number of rotatable bonds is 4. The summed E-state index contributed by atoms with van der Waals surface area (Å²) < 4.78 is 44.1. The Morgan fingerprint density at radius 1 is 1.04 bits per heavy atom. The van der Waals surface area contributed by atoms with E-state index in [0.29, 0.717) is 5.56 Å². The van der Waals surface area contributed by atoms with Crippen molar-refractivity contribution in [3.05, 3.63) is 83.1 Å². The minimum absolute atomic E-state index is 0.0888. The molecule has 0 aliphatic heterocycles. The predicted octanol–water partition coefficient (Wildman–Crippen LogP) is 5.73. The van der Waals surface area contributed by atoms with Crippen molar-refractivity contribution in [3.63, 3.8) is 0 Å². The van der Waals surface area contributed by atoms with Crippen LogP contribution in [0, 0.1) is 11.3 Å². The Kier molecular flexibility index (Phi) is 5.05. The third-order valence-corrected chi connectivity index (χ3v) is 3.95. The number of carbonyl (C=O) groups is 1. The van der Waals surface area contributed by atoms with Gasteiger partial charge in [-0.05, 0) is 48.0 Å². The number of nitrogens with zero attached hydrogens (tertiary/aromatic N) is 1. The van der Waals surface area contributed by atoms with Crippen LogP contribution in [0.1, 0.15) is 27.2 Å². The van der Waals surface area contributed by atoms with Gasteiger partial charge in [0.15, 0.2) is 0 Å². The Hall–Kier alpha value is -3.79. The first-order valence-corrected chi connectivity index (χ1v) is 8.01. The van der Waals surface area contributed by atoms with Gasteiger partial charge in [-0.25, -0.2) is 4.79 Å². The first-order chi connectivity index (χ1) is 13.3. The third-order valence-electron chi connectivity index (χ3n) is 3.95. The second kappa shape index (κ2) is 7.45. The minimum Gasteiger partial charge on any atom is -0.478 e. The molecule has 0 unspecified atom stereocenters. The number of carboxylic acid groups (broad SMARTS) is 1. The van der Waals surface area contributed by atoms with Crippen molar-refractivity contribution < 1.29 is 27.5 Å². The van der Waals surface area contributed by atoms with Gasteiger partial charge in [0, 0.05) is 5.56 Å². The molecule has 2 aromatic carbocycles. The fourth-order valence-electron chi connectivity index (χ4n) is 2.55. The molecule has 0 fully saturated rings. The highest BCUT2D eigenvalue weighted by Crippen LogP contribution is 2.33. The molecule has 1 aromatic heterocycles. The largest absolute Gasteiger partial charge is 0.478 e. The van der Waals surface area contributed by atoms with Gasteiger partial charge in [0.05, 0.1) is 22.8 Å². The monoisotopic (exact) mass is 383 g/mol. The maximum absolute atomic E-state index is 12.9. The molecule has 0 saturated carbocycles. The van der Waals surface area contributed by atoms with Crippen LogP contribution >= 0.6 is 0 Å². The van der Waals surface area contributed by atoms with E-state index in [-0.39, 0.29) is 28.2 Å². The van der Waals surface area contributed by atoms with E-state index >= 15 is 0 Å². The number of allylic oxidation sites excluding steroid dienone is 1. The number of alkyl halides is 3. The molecular weight excluding hydrogens is 371 g/mol. The molecule has 1 N–H and O–H groups in total. The number of nitriles is 1. The van der Waals surface area contributed by atoms with Crippen LogP contribution in [0.3, 0.4) is 0 Å². The third kappa shape index (κ3) is 4.13. The lowest BCUT2D eigenvalue weighted by atomic mass is 10.0. The molecule has 0 atom stereocenters. The molecule has 0 aliphatic rings. The summed E-state index contributed by atoms with van der Waals surface area (Å²) in [6, 6.07) is 15.5. The van der Waals surface area contributed by atoms with Crippen LogP contribution in [0.4, 0.5) is 13.2 Å². The summed E-state index contributed by atoms with van der Waals surface area (Å²) in [7, 11) is 0. The molecule has 7 heteroatoms. The quantitative estimate of drug-likeness (QED) is 0.584. The lowest BCUT2D eigenvalue weighted by molar-refractivity contribution is -0.137. The van der Waals surface area contributed by atoms with Crippen LogP contribution < -0.4 is 0 Å². The molecule has 0 amide bonds. The van der Waals surface area contributed by atoms with Crippen molar-refractivity contribution in [2.24, 2.45) is 0 Å². The smallest absolute Gasteiger partial charge is 0.416 e. The fourth-order valence-corrected chi connectivity index (χ4v) is 2.55. The summed E-state index contributed by atoms with van der Waals surface area (Å²) >= 11 is 0. The van der Waals surface area contributed by atoms with E-state index in [9.17, 15) is 23.2 Å². The number of aromatic carboxylic acids is 1. The molecular formula is C21H12F3NO3. The van der Waals surface area contributed by atoms with Crippen LogP contribution in [0.25, 0.3) is 23.0 Å². The molecule has 0 aliphatic carbocycles. The van der Waals surface area contributed by atoms with Crippen molar-refractivity contribution in [2.45, 2.75) is 6.18 Å². The zero-order valence-electron chi connectivity index (χ0n) is 14.2. The summed E-state index contributed by atoms with van der Waals surface area (Å²) in [6.07, 6.45) is -3.02. The van der Waals surface area contributed by atoms with Gasteiger partial charge in [-0.3, -0.25) is 0 Å². The topological polar surface area (TPSA) is 74.2 Å². The van der Waals surface area contributed by atoms with Crippen LogP contribution in [-0.4, -0.2) is 11.1 Å². The van der Waals surface area contributed by atoms with Crippen LogP contribution in [0.2, 0.25) is 0 Å². The highest BCUT2D eigenvalue weighted by Gasteiger charge is 2.30. The molecule has 4 nitrogen and oxygen atoms in total. The summed E-state index contributed by atoms with van der Waals surface area (Å²) in [5.41, 5.74) is 0.283. The number of hydrogen-bond donors (Lipinski definition) is 1. The van der Waals surface area contributed by atoms with Gasteiger partial charge in [-0.2, -0.15) is 18.4 Å². The van der Waals surface area contributed by atoms with Crippen molar-refractivity contribution in [2.75, 3.05) is 0 Å². The van der Waals surface area contributed by atoms with E-state index in [1.54, 1.807) is 6.07 Å². The number of carboxylic acids is 1. The van der Waals surface area contributed by atoms with Crippen molar-refractivity contribution in [1.82, 2.24) is 0 Å². The maximum Gasteiger partial charge on any atom is 0.416 e. The van der Waals surface area contributed by atoms with Gasteiger partial charge in [-0.15, -0.1) is 0 Å². The maximum atomic E-state index is 12.9. The first kappa shape index (κ1) is 19.0. The van der Waals surface area contributed by atoms with E-state index in [1.807, 2.05) is 6.07 Å². The lowest BCUT2D eigenvalue weighted by Gasteiger charge is -2.07. The van der Waals surface area contributed by atoms with Crippen molar-refractivity contribution in [3.8, 4) is 17.4 Å². The summed E-state index contributed by atoms with van der Waals surface area (Å²) in [5.74, 6) is -0.562. The Bertz CT molecular complexity index is 1090. The molecule has 0 radical (unpaired) electrons. The Morgan fingerprint density at radius 2 is 1.71 bits per heavy atom. The van der Waals surface area contributed by atoms with Gasteiger partial charge < -0.3 is 9.52 Å². The van der Waals surface area contributed by atoms with Crippen molar-refractivity contribution >= 4 is 17.6 Å². The van der Waals surface area contributed by atoms with Crippen LogP contribution in [0.15, 0.2) is 65.1 Å². The summed E-state index contributed by atoms with van der Waals surface area (Å²) in [5, 5.41) is 18.3. The van der Waals surface area contributed by atoms with Crippen LogP contribution in [0.5, 0.6) is 0 Å². The number of halogens is 3. The Labute approximate surface area is 157 Å². The van der Waals surface area contributed by atoms with Gasteiger partial charge in [0.25, 0.3) is 0 Å². The van der Waals surface area contributed by atoms with E-state index in [0.717, 1.165) is 12.1 Å². The highest BCUT2D eigenvalue weighted by atomic mass is 19.4. The molecule has 3 aromatic rings. The SMILES string of the molecule is N#C/C(=C/c1ccc(-c2cccc(C(F)(F)F)c2)o1)c1ccc(C(=O)O)cc1. The summed E-state index contributed by atoms with van der Waals surface area (Å²) in [6.45, 7) is 0. The molecule has 28 heavy (non-hydrogen) atoms. The Balaban J connectivity index is 1.91. The van der Waals surface area contributed by atoms with Gasteiger partial charge in [-0.1, -0.05) is 24.3 Å². The Morgan fingerprint density at radius 3 is 2.32 bits per heavy atom. The molecule has 140 valence electrons. The second-order valence-electron chi connectivity index (χ2n) is 5.83. The number of furan rings is 1. The van der Waals surface area contributed by atoms with E-state index in [2.05, 4.69) is 0 Å². The fraction of sp³-hybridized carbons (Fsp3) is 0.0476. The number of hydrogen-bond acceptors (Lipinski definition) is 3. The van der Waals surface area contributed by atoms with E-state index in [1.165, 1.54) is 48.5 Å². The molecule has 3 rings (SSSR count). The van der Waals surface area contributed by atoms with E-state index < -0.39 is 17.7 Å². The normalized spacial score (nSPS) is 11.9. The van der Waals surface area contributed by atoms with E-state index in [4.69, 9.17) is 9.52 Å². The van der Waals surface area contributed by atoms with Gasteiger partial charge >= 0.3 is 12.1 Å². The predicted molar refractivity (Wildman–Crippen MR) is 96.0 cm³/mol. The van der Waals surface area contributed by atoms with Crippen molar-refractivity contribution in [1.29, 1.82) is 5.26 Å². The van der Waals surface area contributed by atoms with Crippen LogP contribution in [-0.2, 0) is 6.18 Å². The zero-order valence-corrected chi connectivity index (χ0v) is 14.2. The standard InChI is InChI=1S/C21H12F3NO3/c22-21(23,24)17-3-1-2-15(10-17)19-9-8-18(28-19)11-16(12-25)13-4-6-14(7-5-13)20(26)27/h1-11H,(H,26,27)/b16-11-. The zero-order chi connectivity index (χ0) is 20.3. The molecule has 0 saturated heterocycles. The number of benzene rings is 2. The summed E-state index contributed by atoms with van der Waals surface area (Å²) in [4.78, 5) is 10.9. The molecule has 0 bridgehead atoms. The second-order valence-corrected chi connectivity index (χ2v) is 5.83.